The van der Waals surface area contributed by atoms with E-state index in [0.717, 1.165) is 0 Å². The van der Waals surface area contributed by atoms with Crippen LogP contribution in [-0.2, 0) is 9.47 Å². The third kappa shape index (κ3) is 94.0. The third-order valence-electron chi connectivity index (χ3n) is 1.59. The van der Waals surface area contributed by atoms with Crippen molar-refractivity contribution in [3.63, 3.8) is 0 Å². The summed E-state index contributed by atoms with van der Waals surface area (Å²) in [6.07, 6.45) is -0.654. The second-order valence-corrected chi connectivity index (χ2v) is 3.77. The first-order valence-corrected chi connectivity index (χ1v) is 8.21. The van der Waals surface area contributed by atoms with Crippen LogP contribution in [0.5, 0.6) is 0 Å². The fourth-order valence-electron chi connectivity index (χ4n) is 0.704. The zero-order chi connectivity index (χ0) is 23.7. The van der Waals surface area contributed by atoms with E-state index < -0.39 is 6.10 Å². The van der Waals surface area contributed by atoms with Gasteiger partial charge >= 0.3 is 0 Å². The Morgan fingerprint density at radius 2 is 0.889 bits per heavy atom. The van der Waals surface area contributed by atoms with Crippen LogP contribution >= 0.6 is 0 Å². The van der Waals surface area contributed by atoms with Crippen molar-refractivity contribution >= 4 is 0 Å². The second-order valence-electron chi connectivity index (χ2n) is 3.77. The summed E-state index contributed by atoms with van der Waals surface area (Å²) in [7, 11) is 0. The van der Waals surface area contributed by atoms with Crippen molar-refractivity contribution in [3.8, 4) is 0 Å². The summed E-state index contributed by atoms with van der Waals surface area (Å²) >= 11 is 0. The van der Waals surface area contributed by atoms with Crippen LogP contribution in [0.25, 0.3) is 0 Å². The predicted molar refractivity (Wildman–Crippen MR) is 120 cm³/mol. The van der Waals surface area contributed by atoms with E-state index in [1.807, 2.05) is 6.92 Å². The molecule has 0 aliphatic carbocycles. The van der Waals surface area contributed by atoms with Crippen LogP contribution in [0.3, 0.4) is 0 Å². The van der Waals surface area contributed by atoms with Gasteiger partial charge in [-0.05, 0) is 20.8 Å². The van der Waals surface area contributed by atoms with Gasteiger partial charge in [-0.2, -0.15) is 0 Å². The molecule has 0 spiro atoms. The van der Waals surface area contributed by atoms with Crippen molar-refractivity contribution in [3.05, 3.63) is 65.8 Å². The number of ether oxygens (including phenoxy) is 2. The van der Waals surface area contributed by atoms with E-state index in [4.69, 9.17) is 29.9 Å². The Bertz CT molecular complexity index is 190. The van der Waals surface area contributed by atoms with Crippen LogP contribution < -0.4 is 0 Å². The molecule has 0 bridgehead atoms. The van der Waals surface area contributed by atoms with E-state index in [0.29, 0.717) is 13.2 Å². The zero-order valence-corrected chi connectivity index (χ0v) is 17.9. The molecule has 3 unspecified atom stereocenters. The lowest BCUT2D eigenvalue weighted by Gasteiger charge is -2.16. The molecule has 0 aliphatic heterocycles. The van der Waals surface area contributed by atoms with Gasteiger partial charge in [0.1, 0.15) is 0 Å². The maximum absolute atomic E-state index is 8.92. The molecule has 27 heavy (non-hydrogen) atoms. The first-order valence-electron chi connectivity index (χ1n) is 8.21. The molecule has 4 N–H and O–H groups in total. The highest BCUT2D eigenvalue weighted by Crippen LogP contribution is 1.97. The van der Waals surface area contributed by atoms with E-state index in [1.165, 1.54) is 0 Å². The molecule has 6 heteroatoms. The molecule has 0 amide bonds. The van der Waals surface area contributed by atoms with E-state index >= 15 is 0 Å². The minimum atomic E-state index is -0.447. The number of hydrogen-bond acceptors (Lipinski definition) is 6. The Morgan fingerprint density at radius 1 is 0.593 bits per heavy atom. The zero-order valence-electron chi connectivity index (χ0n) is 17.9. The maximum atomic E-state index is 8.92. The van der Waals surface area contributed by atoms with Gasteiger partial charge in [-0.1, -0.05) is 0 Å². The van der Waals surface area contributed by atoms with Crippen molar-refractivity contribution in [1.82, 2.24) is 0 Å². The molecule has 0 saturated heterocycles. The summed E-state index contributed by atoms with van der Waals surface area (Å²) in [5.74, 6) is 0. The lowest BCUT2D eigenvalue weighted by molar-refractivity contribution is -0.0620. The van der Waals surface area contributed by atoms with Gasteiger partial charge < -0.3 is 29.9 Å². The summed E-state index contributed by atoms with van der Waals surface area (Å²) in [5.41, 5.74) is 0. The molecule has 0 aromatic carbocycles. The minimum absolute atomic E-state index is 0.0170. The van der Waals surface area contributed by atoms with Crippen LogP contribution in [0, 0.1) is 0 Å². The number of hydrogen-bond donors (Lipinski definition) is 4. The van der Waals surface area contributed by atoms with Gasteiger partial charge in [-0.15, -0.1) is 65.8 Å². The predicted octanol–water partition coefficient (Wildman–Crippen LogP) is 3.15. The molecule has 166 valence electrons. The van der Waals surface area contributed by atoms with Crippen LogP contribution in [-0.4, -0.2) is 71.8 Å². The largest absolute Gasteiger partial charge is 0.394 e. The molecule has 0 radical (unpaired) electrons. The highest BCUT2D eigenvalue weighted by atomic mass is 16.5. The summed E-state index contributed by atoms with van der Waals surface area (Å²) in [4.78, 5) is 0. The Hall–Kier alpha value is -1.54. The average molecular weight is 395 g/mol. The molecular formula is C21H46O6. The lowest BCUT2D eigenvalue weighted by atomic mass is 10.4. The van der Waals surface area contributed by atoms with Gasteiger partial charge in [-0.3, -0.25) is 0 Å². The first kappa shape index (κ1) is 44.7. The molecule has 6 nitrogen and oxygen atoms in total. The second kappa shape index (κ2) is 64.4. The summed E-state index contributed by atoms with van der Waals surface area (Å²) in [5, 5.41) is 32.8. The molecule has 0 aromatic heterocycles. The molecule has 0 fully saturated rings. The SMILES string of the molecule is C=C.C=C.C=C.C=C.C=C.CC(O)COC(C)COC(C)CO.OCCO. The van der Waals surface area contributed by atoms with Gasteiger partial charge in [0.25, 0.3) is 0 Å². The number of aliphatic hydroxyl groups excluding tert-OH is 4. The van der Waals surface area contributed by atoms with E-state index in [9.17, 15) is 0 Å². The fourth-order valence-corrected chi connectivity index (χ4v) is 0.704. The van der Waals surface area contributed by atoms with Gasteiger partial charge in [-0.25, -0.2) is 0 Å². The Kier molecular flexibility index (Phi) is 107. The van der Waals surface area contributed by atoms with Gasteiger partial charge in [0.2, 0.25) is 0 Å². The highest BCUT2D eigenvalue weighted by Gasteiger charge is 2.06. The van der Waals surface area contributed by atoms with Crippen LogP contribution in [0.1, 0.15) is 20.8 Å². The van der Waals surface area contributed by atoms with Gasteiger partial charge in [0.05, 0.1) is 51.3 Å². The van der Waals surface area contributed by atoms with Crippen molar-refractivity contribution < 1.29 is 29.9 Å². The van der Waals surface area contributed by atoms with E-state index in [2.05, 4.69) is 65.8 Å². The van der Waals surface area contributed by atoms with Crippen molar-refractivity contribution in [2.24, 2.45) is 0 Å². The van der Waals surface area contributed by atoms with E-state index in [1.54, 1.807) is 13.8 Å². The van der Waals surface area contributed by atoms with Crippen LogP contribution in [0.2, 0.25) is 0 Å². The topological polar surface area (TPSA) is 99.4 Å². The maximum Gasteiger partial charge on any atom is 0.0781 e. The van der Waals surface area contributed by atoms with Crippen LogP contribution in [0.15, 0.2) is 65.8 Å². The number of aliphatic hydroxyl groups is 4. The molecule has 0 saturated carbocycles. The quantitative estimate of drug-likeness (QED) is 0.472. The number of rotatable bonds is 8. The molecule has 3 atom stereocenters. The normalized spacial score (nSPS) is 10.6. The average Bonchev–Trinajstić information content (AvgIpc) is 2.77. The molecule has 0 aliphatic rings. The summed E-state index contributed by atoms with van der Waals surface area (Å²) in [6.45, 7) is 35.9. The standard InChI is InChI=1S/C9H20O4.C2H6O2.5C2H4/c1-7(11)5-12-9(3)6-13-8(2)4-10;3-1-2-4;5*1-2/h7-11H,4-6H2,1-3H3;3-4H,1-2H2;5*1-2H2. The highest BCUT2D eigenvalue weighted by molar-refractivity contribution is 4.52. The minimum Gasteiger partial charge on any atom is -0.394 e. The fraction of sp³-hybridized carbons (Fsp3) is 0.524. The Labute approximate surface area is 168 Å². The smallest absolute Gasteiger partial charge is 0.0781 e. The van der Waals surface area contributed by atoms with Gasteiger partial charge in [0, 0.05) is 0 Å². The Morgan fingerprint density at radius 3 is 1.11 bits per heavy atom. The van der Waals surface area contributed by atoms with Crippen LogP contribution in [0.4, 0.5) is 0 Å². The molecule has 0 rings (SSSR count). The first-order chi connectivity index (χ1) is 13.0. The van der Waals surface area contributed by atoms with E-state index in [-0.39, 0.29) is 32.0 Å². The lowest BCUT2D eigenvalue weighted by Crippen LogP contribution is -2.24. The third-order valence-corrected chi connectivity index (χ3v) is 1.59. The van der Waals surface area contributed by atoms with Crippen molar-refractivity contribution in [1.29, 1.82) is 0 Å². The summed E-state index contributed by atoms with van der Waals surface area (Å²) < 4.78 is 10.5. The van der Waals surface area contributed by atoms with Gasteiger partial charge in [0.15, 0.2) is 0 Å². The monoisotopic (exact) mass is 394 g/mol. The van der Waals surface area contributed by atoms with Crippen molar-refractivity contribution in [2.75, 3.05) is 33.0 Å². The molecular weight excluding hydrogens is 348 g/mol. The summed E-state index contributed by atoms with van der Waals surface area (Å²) in [6, 6.07) is 0. The molecule has 0 heterocycles. The Balaban J connectivity index is -0.0000000475. The molecule has 0 aromatic rings. The van der Waals surface area contributed by atoms with Crippen molar-refractivity contribution in [2.45, 2.75) is 39.1 Å².